The van der Waals surface area contributed by atoms with Crippen LogP contribution in [0, 0.1) is 12.8 Å². The Balaban J connectivity index is 1.55. The summed E-state index contributed by atoms with van der Waals surface area (Å²) in [6.07, 6.45) is 1.21. The van der Waals surface area contributed by atoms with Crippen LogP contribution < -0.4 is 5.63 Å². The van der Waals surface area contributed by atoms with Crippen LogP contribution in [0.25, 0.3) is 11.0 Å². The minimum Gasteiger partial charge on any atom is -0.508 e. The minimum absolute atomic E-state index is 0.128. The first kappa shape index (κ1) is 16.9. The molecular weight excluding hydrogens is 330 g/mol. The van der Waals surface area contributed by atoms with Gasteiger partial charge < -0.3 is 13.9 Å². The number of furan rings is 1. The Morgan fingerprint density at radius 1 is 1.19 bits per heavy atom. The molecule has 0 radical (unpaired) electrons. The van der Waals surface area contributed by atoms with E-state index in [4.69, 9.17) is 8.83 Å². The van der Waals surface area contributed by atoms with Crippen LogP contribution in [0.15, 0.2) is 44.0 Å². The third-order valence-corrected chi connectivity index (χ3v) is 5.24. The zero-order chi connectivity index (χ0) is 18.4. The number of fused-ring (bicyclic) bond motifs is 1. The predicted octanol–water partition coefficient (Wildman–Crippen LogP) is 4.16. The van der Waals surface area contributed by atoms with Crippen LogP contribution in [0.2, 0.25) is 0 Å². The van der Waals surface area contributed by atoms with Crippen LogP contribution in [0.4, 0.5) is 0 Å². The van der Waals surface area contributed by atoms with Crippen molar-refractivity contribution in [2.24, 2.45) is 5.92 Å². The molecular formula is C21H23NO4. The minimum atomic E-state index is -0.405. The fourth-order valence-electron chi connectivity index (χ4n) is 3.56. The highest BCUT2D eigenvalue weighted by molar-refractivity contribution is 5.84. The maximum Gasteiger partial charge on any atom is 0.336 e. The summed E-state index contributed by atoms with van der Waals surface area (Å²) in [6.45, 7) is 5.24. The topological polar surface area (TPSA) is 66.8 Å². The highest BCUT2D eigenvalue weighted by Gasteiger charge is 2.36. The van der Waals surface area contributed by atoms with Gasteiger partial charge in [0.15, 0.2) is 0 Å². The van der Waals surface area contributed by atoms with Crippen LogP contribution in [-0.4, -0.2) is 17.1 Å². The van der Waals surface area contributed by atoms with Crippen molar-refractivity contribution in [2.45, 2.75) is 39.3 Å². The Labute approximate surface area is 151 Å². The van der Waals surface area contributed by atoms with Crippen molar-refractivity contribution >= 4 is 11.0 Å². The van der Waals surface area contributed by atoms with E-state index in [1.165, 1.54) is 12.5 Å². The molecule has 1 fully saturated rings. The number of benzene rings is 1. The van der Waals surface area contributed by atoms with Gasteiger partial charge in [-0.1, -0.05) is 6.92 Å². The number of nitrogens with zero attached hydrogens (tertiary/aromatic N) is 1. The molecule has 2 atom stereocenters. The molecule has 0 bridgehead atoms. The number of aromatic hydroxyl groups is 1. The molecule has 2 aromatic heterocycles. The van der Waals surface area contributed by atoms with Crippen molar-refractivity contribution in [3.8, 4) is 5.75 Å². The lowest BCUT2D eigenvalue weighted by Crippen LogP contribution is -2.18. The molecule has 2 heterocycles. The molecule has 1 N–H and O–H groups in total. The maximum atomic E-state index is 11.9. The molecule has 26 heavy (non-hydrogen) atoms. The lowest BCUT2D eigenvalue weighted by molar-refractivity contribution is 0.283. The molecule has 1 saturated carbocycles. The molecule has 1 aliphatic carbocycles. The zero-order valence-electron chi connectivity index (χ0n) is 15.3. The highest BCUT2D eigenvalue weighted by atomic mass is 16.4. The number of rotatable bonds is 5. The monoisotopic (exact) mass is 353 g/mol. The molecule has 0 unspecified atom stereocenters. The number of phenols is 1. The van der Waals surface area contributed by atoms with Crippen molar-refractivity contribution in [1.82, 2.24) is 4.90 Å². The first-order chi connectivity index (χ1) is 12.4. The van der Waals surface area contributed by atoms with Crippen molar-refractivity contribution in [3.05, 3.63) is 63.4 Å². The summed E-state index contributed by atoms with van der Waals surface area (Å²) >= 11 is 0. The molecule has 1 aromatic carbocycles. The molecule has 0 saturated heterocycles. The summed E-state index contributed by atoms with van der Waals surface area (Å²) in [4.78, 5) is 14.0. The average Bonchev–Trinajstić information content (AvgIpc) is 3.13. The second kappa shape index (κ2) is 6.32. The summed E-state index contributed by atoms with van der Waals surface area (Å²) < 4.78 is 11.3. The second-order valence-electron chi connectivity index (χ2n) is 7.47. The van der Waals surface area contributed by atoms with E-state index in [9.17, 15) is 9.90 Å². The zero-order valence-corrected chi connectivity index (χ0v) is 15.3. The van der Waals surface area contributed by atoms with Gasteiger partial charge in [0.05, 0.1) is 6.54 Å². The van der Waals surface area contributed by atoms with Crippen molar-refractivity contribution in [3.63, 3.8) is 0 Å². The van der Waals surface area contributed by atoms with Gasteiger partial charge in [0.1, 0.15) is 22.9 Å². The Bertz CT molecular complexity index is 1020. The highest BCUT2D eigenvalue weighted by Crippen LogP contribution is 2.47. The van der Waals surface area contributed by atoms with E-state index in [1.807, 2.05) is 13.1 Å². The van der Waals surface area contributed by atoms with Gasteiger partial charge >= 0.3 is 5.63 Å². The molecule has 5 nitrogen and oxygen atoms in total. The van der Waals surface area contributed by atoms with Crippen molar-refractivity contribution < 1.29 is 13.9 Å². The molecule has 5 heteroatoms. The summed E-state index contributed by atoms with van der Waals surface area (Å²) in [7, 11) is 2.00. The number of aryl methyl sites for hydroxylation is 1. The van der Waals surface area contributed by atoms with E-state index in [0.717, 1.165) is 28.4 Å². The molecule has 136 valence electrons. The summed E-state index contributed by atoms with van der Waals surface area (Å²) in [5.74, 6) is 3.44. The second-order valence-corrected chi connectivity index (χ2v) is 7.47. The molecule has 3 aromatic rings. The summed E-state index contributed by atoms with van der Waals surface area (Å²) in [5.41, 5.74) is 1.50. The van der Waals surface area contributed by atoms with Crippen molar-refractivity contribution in [1.29, 1.82) is 0 Å². The molecule has 1 aliphatic rings. The molecule has 4 rings (SSSR count). The van der Waals surface area contributed by atoms with Crippen LogP contribution in [-0.2, 0) is 13.1 Å². The normalized spacial score (nSPS) is 19.4. The predicted molar refractivity (Wildman–Crippen MR) is 99.3 cm³/mol. The van der Waals surface area contributed by atoms with Gasteiger partial charge in [-0.2, -0.15) is 0 Å². The van der Waals surface area contributed by atoms with Crippen LogP contribution in [0.3, 0.4) is 0 Å². The van der Waals surface area contributed by atoms with E-state index >= 15 is 0 Å². The van der Waals surface area contributed by atoms with Gasteiger partial charge in [0.25, 0.3) is 0 Å². The van der Waals surface area contributed by atoms with Crippen LogP contribution in [0.1, 0.15) is 41.9 Å². The first-order valence-electron chi connectivity index (χ1n) is 8.95. The van der Waals surface area contributed by atoms with Gasteiger partial charge in [-0.25, -0.2) is 4.79 Å². The van der Waals surface area contributed by atoms with Gasteiger partial charge in [-0.3, -0.25) is 4.90 Å². The third kappa shape index (κ3) is 3.15. The summed E-state index contributed by atoms with van der Waals surface area (Å²) in [5, 5.41) is 10.7. The van der Waals surface area contributed by atoms with E-state index < -0.39 is 5.63 Å². The number of hydrogen-bond donors (Lipinski definition) is 1. The van der Waals surface area contributed by atoms with Gasteiger partial charge in [-0.05, 0) is 56.1 Å². The van der Waals surface area contributed by atoms with Gasteiger partial charge in [0, 0.05) is 29.5 Å². The Hall–Kier alpha value is -2.53. The molecule has 0 amide bonds. The number of phenolic OH excluding ortho intramolecular Hbond substituents is 1. The smallest absolute Gasteiger partial charge is 0.336 e. The SMILES string of the molecule is Cc1c(O)ccc2c(CN(C)Cc3ccc([C@H]4C[C@H]4C)o3)cc(=O)oc12. The third-order valence-electron chi connectivity index (χ3n) is 5.24. The van der Waals surface area contributed by atoms with E-state index in [2.05, 4.69) is 17.9 Å². The van der Waals surface area contributed by atoms with Gasteiger partial charge in [-0.15, -0.1) is 0 Å². The standard InChI is InChI=1S/C21H23NO4/c1-12-8-17(12)19-7-4-15(25-19)11-22(3)10-14-9-20(24)26-21-13(2)18(23)6-5-16(14)21/h4-7,9,12,17,23H,8,10-11H2,1-3H3/t12-,17+/m1/s1. The largest absolute Gasteiger partial charge is 0.508 e. The lowest BCUT2D eigenvalue weighted by Gasteiger charge is -2.16. The molecule has 0 aliphatic heterocycles. The lowest BCUT2D eigenvalue weighted by atomic mass is 10.1. The maximum absolute atomic E-state index is 11.9. The Kier molecular flexibility index (Phi) is 4.11. The van der Waals surface area contributed by atoms with E-state index in [-0.39, 0.29) is 5.75 Å². The fourth-order valence-corrected chi connectivity index (χ4v) is 3.56. The Morgan fingerprint density at radius 3 is 2.69 bits per heavy atom. The average molecular weight is 353 g/mol. The van der Waals surface area contributed by atoms with E-state index in [0.29, 0.717) is 30.2 Å². The van der Waals surface area contributed by atoms with Crippen molar-refractivity contribution in [2.75, 3.05) is 7.05 Å². The summed E-state index contributed by atoms with van der Waals surface area (Å²) in [6, 6.07) is 9.07. The Morgan fingerprint density at radius 2 is 1.96 bits per heavy atom. The van der Waals surface area contributed by atoms with Crippen LogP contribution in [0.5, 0.6) is 5.75 Å². The first-order valence-corrected chi connectivity index (χ1v) is 8.95. The van der Waals surface area contributed by atoms with E-state index in [1.54, 1.807) is 19.1 Å². The van der Waals surface area contributed by atoms with Crippen LogP contribution >= 0.6 is 0 Å². The molecule has 0 spiro atoms. The quantitative estimate of drug-likeness (QED) is 0.698. The number of hydrogen-bond acceptors (Lipinski definition) is 5. The fraction of sp³-hybridized carbons (Fsp3) is 0.381. The van der Waals surface area contributed by atoms with Gasteiger partial charge in [0.2, 0.25) is 0 Å².